The normalized spacial score (nSPS) is 10.3. The molecule has 0 bridgehead atoms. The fraction of sp³-hybridized carbons (Fsp3) is 0.938. The standard InChI is InChI=1S/C14H30N2O4.C2H6/c1-5-6-15(2)13-14(17)16(3)7-8-19-11-12-20-10-9-18-4;1-2/h5-13H2,1-4H3;1-2H3. The fourth-order valence-electron chi connectivity index (χ4n) is 1.60. The van der Waals surface area contributed by atoms with E-state index in [4.69, 9.17) is 14.2 Å². The van der Waals surface area contributed by atoms with E-state index in [1.807, 2.05) is 25.8 Å². The van der Waals surface area contributed by atoms with Gasteiger partial charge in [-0.3, -0.25) is 9.69 Å². The van der Waals surface area contributed by atoms with Crippen molar-refractivity contribution in [3.05, 3.63) is 0 Å². The van der Waals surface area contributed by atoms with Gasteiger partial charge in [-0.15, -0.1) is 0 Å². The first-order valence-electron chi connectivity index (χ1n) is 8.18. The van der Waals surface area contributed by atoms with E-state index in [-0.39, 0.29) is 5.91 Å². The molecule has 0 fully saturated rings. The molecule has 0 radical (unpaired) electrons. The van der Waals surface area contributed by atoms with E-state index in [0.29, 0.717) is 46.1 Å². The van der Waals surface area contributed by atoms with Crippen LogP contribution in [0.15, 0.2) is 0 Å². The molecule has 134 valence electrons. The van der Waals surface area contributed by atoms with Gasteiger partial charge in [0.15, 0.2) is 0 Å². The fourth-order valence-corrected chi connectivity index (χ4v) is 1.60. The van der Waals surface area contributed by atoms with Gasteiger partial charge in [-0.2, -0.15) is 0 Å². The highest BCUT2D eigenvalue weighted by Gasteiger charge is 2.10. The van der Waals surface area contributed by atoms with Gasteiger partial charge in [-0.25, -0.2) is 0 Å². The monoisotopic (exact) mass is 320 g/mol. The number of amides is 1. The Labute approximate surface area is 136 Å². The zero-order valence-corrected chi connectivity index (χ0v) is 15.4. The molecule has 0 aromatic carbocycles. The molecule has 1 amide bonds. The minimum absolute atomic E-state index is 0.126. The van der Waals surface area contributed by atoms with Gasteiger partial charge in [-0.05, 0) is 20.0 Å². The van der Waals surface area contributed by atoms with Crippen LogP contribution in [0.3, 0.4) is 0 Å². The van der Waals surface area contributed by atoms with E-state index in [2.05, 4.69) is 6.92 Å². The molecule has 0 spiro atoms. The molecule has 6 heteroatoms. The van der Waals surface area contributed by atoms with Gasteiger partial charge in [0.05, 0.1) is 39.6 Å². The third-order valence-corrected chi connectivity index (χ3v) is 2.81. The molecule has 22 heavy (non-hydrogen) atoms. The molecule has 6 nitrogen and oxygen atoms in total. The van der Waals surface area contributed by atoms with E-state index in [1.54, 1.807) is 19.1 Å². The van der Waals surface area contributed by atoms with Crippen molar-refractivity contribution in [2.24, 2.45) is 0 Å². The van der Waals surface area contributed by atoms with Crippen LogP contribution < -0.4 is 0 Å². The summed E-state index contributed by atoms with van der Waals surface area (Å²) in [6.07, 6.45) is 1.06. The van der Waals surface area contributed by atoms with Crippen LogP contribution in [0.1, 0.15) is 27.2 Å². The van der Waals surface area contributed by atoms with Crippen molar-refractivity contribution < 1.29 is 19.0 Å². The highest BCUT2D eigenvalue weighted by atomic mass is 16.5. The second kappa shape index (κ2) is 18.4. The predicted octanol–water partition coefficient (Wildman–Crippen LogP) is 1.49. The molecule has 0 aromatic heterocycles. The summed E-state index contributed by atoms with van der Waals surface area (Å²) < 4.78 is 15.5. The largest absolute Gasteiger partial charge is 0.382 e. The quantitative estimate of drug-likeness (QED) is 0.481. The lowest BCUT2D eigenvalue weighted by Gasteiger charge is -2.21. The van der Waals surface area contributed by atoms with E-state index in [9.17, 15) is 4.79 Å². The molecular formula is C16H36N2O4. The van der Waals surface area contributed by atoms with Crippen molar-refractivity contribution >= 4 is 5.91 Å². The molecule has 0 aromatic rings. The van der Waals surface area contributed by atoms with Crippen LogP contribution in [-0.4, -0.2) is 89.6 Å². The summed E-state index contributed by atoms with van der Waals surface area (Å²) in [4.78, 5) is 15.6. The van der Waals surface area contributed by atoms with Crippen molar-refractivity contribution in [1.29, 1.82) is 0 Å². The van der Waals surface area contributed by atoms with Crippen molar-refractivity contribution in [3.63, 3.8) is 0 Å². The van der Waals surface area contributed by atoms with Gasteiger partial charge < -0.3 is 19.1 Å². The first kappa shape index (κ1) is 23.6. The van der Waals surface area contributed by atoms with Crippen molar-refractivity contribution in [2.45, 2.75) is 27.2 Å². The lowest BCUT2D eigenvalue weighted by atomic mass is 10.4. The number of likely N-dealkylation sites (N-methyl/N-ethyl adjacent to an activating group) is 2. The average molecular weight is 320 g/mol. The summed E-state index contributed by atoms with van der Waals surface area (Å²) >= 11 is 0. The zero-order valence-electron chi connectivity index (χ0n) is 15.4. The summed E-state index contributed by atoms with van der Waals surface area (Å²) in [5.74, 6) is 0.126. The second-order valence-electron chi connectivity index (χ2n) is 4.77. The summed E-state index contributed by atoms with van der Waals surface area (Å²) in [5, 5.41) is 0. The highest BCUT2D eigenvalue weighted by Crippen LogP contribution is 1.92. The van der Waals surface area contributed by atoms with Gasteiger partial charge in [0.2, 0.25) is 5.91 Å². The predicted molar refractivity (Wildman–Crippen MR) is 90.3 cm³/mol. The van der Waals surface area contributed by atoms with E-state index in [0.717, 1.165) is 13.0 Å². The summed E-state index contributed by atoms with van der Waals surface area (Å²) in [5.41, 5.74) is 0. The van der Waals surface area contributed by atoms with Crippen molar-refractivity contribution in [3.8, 4) is 0 Å². The Morgan fingerprint density at radius 2 is 1.45 bits per heavy atom. The smallest absolute Gasteiger partial charge is 0.236 e. The number of carbonyl (C=O) groups excluding carboxylic acids is 1. The first-order chi connectivity index (χ1) is 10.6. The second-order valence-corrected chi connectivity index (χ2v) is 4.77. The third-order valence-electron chi connectivity index (χ3n) is 2.81. The number of methoxy groups -OCH3 is 1. The molecule has 0 saturated carbocycles. The molecule has 0 unspecified atom stereocenters. The maximum Gasteiger partial charge on any atom is 0.236 e. The number of hydrogen-bond acceptors (Lipinski definition) is 5. The number of nitrogens with zero attached hydrogens (tertiary/aromatic N) is 2. The molecule has 0 rings (SSSR count). The van der Waals surface area contributed by atoms with E-state index < -0.39 is 0 Å². The number of rotatable bonds is 13. The van der Waals surface area contributed by atoms with E-state index >= 15 is 0 Å². The van der Waals surface area contributed by atoms with Crippen LogP contribution in [0, 0.1) is 0 Å². The Bertz CT molecular complexity index is 240. The van der Waals surface area contributed by atoms with Gasteiger partial charge in [-0.1, -0.05) is 20.8 Å². The molecule has 0 aliphatic heterocycles. The van der Waals surface area contributed by atoms with Gasteiger partial charge in [0, 0.05) is 20.7 Å². The summed E-state index contributed by atoms with van der Waals surface area (Å²) in [6, 6.07) is 0. The Kier molecular flexibility index (Phi) is 19.7. The minimum Gasteiger partial charge on any atom is -0.382 e. The van der Waals surface area contributed by atoms with Gasteiger partial charge in [0.25, 0.3) is 0 Å². The maximum atomic E-state index is 11.9. The van der Waals surface area contributed by atoms with Crippen molar-refractivity contribution in [2.75, 3.05) is 73.9 Å². The zero-order chi connectivity index (χ0) is 17.2. The lowest BCUT2D eigenvalue weighted by molar-refractivity contribution is -0.131. The van der Waals surface area contributed by atoms with Crippen LogP contribution in [0.5, 0.6) is 0 Å². The first-order valence-corrected chi connectivity index (χ1v) is 8.18. The van der Waals surface area contributed by atoms with Crippen LogP contribution in [0.4, 0.5) is 0 Å². The average Bonchev–Trinajstić information content (AvgIpc) is 2.51. The van der Waals surface area contributed by atoms with Crippen LogP contribution in [0.2, 0.25) is 0 Å². The molecule has 0 atom stereocenters. The van der Waals surface area contributed by atoms with E-state index in [1.165, 1.54) is 0 Å². The third kappa shape index (κ3) is 15.7. The Hall–Kier alpha value is -0.690. The molecular weight excluding hydrogens is 284 g/mol. The maximum absolute atomic E-state index is 11.9. The van der Waals surface area contributed by atoms with Gasteiger partial charge >= 0.3 is 0 Å². The van der Waals surface area contributed by atoms with Crippen LogP contribution >= 0.6 is 0 Å². The Balaban J connectivity index is 0. The molecule has 0 aliphatic carbocycles. The molecule has 0 saturated heterocycles. The summed E-state index contributed by atoms with van der Waals surface area (Å²) in [7, 11) is 5.41. The lowest BCUT2D eigenvalue weighted by Crippen LogP contribution is -2.38. The Morgan fingerprint density at radius 1 is 0.909 bits per heavy atom. The minimum atomic E-state index is 0.126. The molecule has 0 heterocycles. The van der Waals surface area contributed by atoms with Crippen molar-refractivity contribution in [1.82, 2.24) is 9.80 Å². The van der Waals surface area contributed by atoms with Gasteiger partial charge in [0.1, 0.15) is 0 Å². The number of hydrogen-bond donors (Lipinski definition) is 0. The van der Waals surface area contributed by atoms with Crippen LogP contribution in [-0.2, 0) is 19.0 Å². The number of carbonyl (C=O) groups is 1. The molecule has 0 N–H and O–H groups in total. The number of ether oxygens (including phenoxy) is 3. The molecule has 0 aliphatic rings. The SMILES string of the molecule is CC.CCCN(C)CC(=O)N(C)CCOCCOCCOC. The van der Waals surface area contributed by atoms with Crippen LogP contribution in [0.25, 0.3) is 0 Å². The topological polar surface area (TPSA) is 51.2 Å². The Morgan fingerprint density at radius 3 is 2.00 bits per heavy atom. The highest BCUT2D eigenvalue weighted by molar-refractivity contribution is 5.77. The summed E-state index contributed by atoms with van der Waals surface area (Å²) in [6.45, 7) is 10.9.